The zero-order valence-electron chi connectivity index (χ0n) is 11.0. The second-order valence-electron chi connectivity index (χ2n) is 4.84. The van der Waals surface area contributed by atoms with Crippen LogP contribution in [0.25, 0.3) is 0 Å². The standard InChI is InChI=1S/C13H26N2O/c1-4-12(5-2)13(16)15-8-6-11(7-9-15)10-14-3/h11-12,14H,4-10H2,1-3H3. The van der Waals surface area contributed by atoms with Gasteiger partial charge in [0.1, 0.15) is 0 Å². The van der Waals surface area contributed by atoms with Crippen LogP contribution in [-0.4, -0.2) is 37.5 Å². The van der Waals surface area contributed by atoms with Crippen molar-refractivity contribution in [3.63, 3.8) is 0 Å². The number of hydrogen-bond donors (Lipinski definition) is 1. The summed E-state index contributed by atoms with van der Waals surface area (Å²) in [6.45, 7) is 7.23. The molecule has 3 nitrogen and oxygen atoms in total. The Balaban J connectivity index is 2.38. The van der Waals surface area contributed by atoms with Crippen LogP contribution in [0, 0.1) is 11.8 Å². The van der Waals surface area contributed by atoms with Gasteiger partial charge >= 0.3 is 0 Å². The van der Waals surface area contributed by atoms with Crippen molar-refractivity contribution in [3.8, 4) is 0 Å². The van der Waals surface area contributed by atoms with E-state index in [1.165, 1.54) is 0 Å². The van der Waals surface area contributed by atoms with Crippen LogP contribution in [0.4, 0.5) is 0 Å². The first kappa shape index (κ1) is 13.5. The van der Waals surface area contributed by atoms with E-state index in [4.69, 9.17) is 0 Å². The summed E-state index contributed by atoms with van der Waals surface area (Å²) in [6.07, 6.45) is 4.27. The number of amides is 1. The second kappa shape index (κ2) is 6.89. The molecule has 94 valence electrons. The molecule has 1 N–H and O–H groups in total. The number of carbonyl (C=O) groups is 1. The van der Waals surface area contributed by atoms with E-state index in [9.17, 15) is 4.79 Å². The van der Waals surface area contributed by atoms with E-state index >= 15 is 0 Å². The molecule has 1 aliphatic rings. The molecule has 1 rings (SSSR count). The van der Waals surface area contributed by atoms with E-state index in [2.05, 4.69) is 24.1 Å². The molecule has 16 heavy (non-hydrogen) atoms. The van der Waals surface area contributed by atoms with Gasteiger partial charge in [-0.25, -0.2) is 0 Å². The van der Waals surface area contributed by atoms with Crippen LogP contribution in [0.5, 0.6) is 0 Å². The van der Waals surface area contributed by atoms with E-state index in [0.717, 1.165) is 51.2 Å². The van der Waals surface area contributed by atoms with Crippen LogP contribution in [0.1, 0.15) is 39.5 Å². The van der Waals surface area contributed by atoms with Gasteiger partial charge in [0.2, 0.25) is 5.91 Å². The molecule has 0 spiro atoms. The Labute approximate surface area is 99.6 Å². The number of rotatable bonds is 5. The lowest BCUT2D eigenvalue weighted by molar-refractivity contribution is -0.137. The average molecular weight is 226 g/mol. The summed E-state index contributed by atoms with van der Waals surface area (Å²) < 4.78 is 0. The van der Waals surface area contributed by atoms with Gasteiger partial charge in [-0.05, 0) is 45.2 Å². The summed E-state index contributed by atoms with van der Waals surface area (Å²) in [6, 6.07) is 0. The van der Waals surface area contributed by atoms with Crippen molar-refractivity contribution in [1.82, 2.24) is 10.2 Å². The topological polar surface area (TPSA) is 32.3 Å². The maximum Gasteiger partial charge on any atom is 0.225 e. The Hall–Kier alpha value is -0.570. The molecule has 0 aromatic rings. The van der Waals surface area contributed by atoms with Crippen LogP contribution in [-0.2, 0) is 4.79 Å². The Morgan fingerprint density at radius 1 is 1.31 bits per heavy atom. The highest BCUT2D eigenvalue weighted by atomic mass is 16.2. The van der Waals surface area contributed by atoms with Gasteiger partial charge in [-0.1, -0.05) is 13.8 Å². The number of likely N-dealkylation sites (tertiary alicyclic amines) is 1. The summed E-state index contributed by atoms with van der Waals surface area (Å²) in [5, 5.41) is 3.22. The number of hydrogen-bond acceptors (Lipinski definition) is 2. The lowest BCUT2D eigenvalue weighted by Crippen LogP contribution is -2.43. The molecule has 0 aliphatic carbocycles. The van der Waals surface area contributed by atoms with Crippen molar-refractivity contribution in [2.45, 2.75) is 39.5 Å². The van der Waals surface area contributed by atoms with Crippen molar-refractivity contribution in [3.05, 3.63) is 0 Å². The number of carbonyl (C=O) groups excluding carboxylic acids is 1. The average Bonchev–Trinajstić information content (AvgIpc) is 2.32. The number of nitrogens with zero attached hydrogens (tertiary/aromatic N) is 1. The fraction of sp³-hybridized carbons (Fsp3) is 0.923. The van der Waals surface area contributed by atoms with Crippen LogP contribution in [0.3, 0.4) is 0 Å². The zero-order valence-corrected chi connectivity index (χ0v) is 11.0. The van der Waals surface area contributed by atoms with Gasteiger partial charge in [-0.3, -0.25) is 4.79 Å². The first-order chi connectivity index (χ1) is 7.72. The molecule has 1 aliphatic heterocycles. The van der Waals surface area contributed by atoms with Gasteiger partial charge in [-0.15, -0.1) is 0 Å². The molecule has 1 saturated heterocycles. The Bertz CT molecular complexity index is 206. The Kier molecular flexibility index (Phi) is 5.81. The second-order valence-corrected chi connectivity index (χ2v) is 4.84. The summed E-state index contributed by atoms with van der Waals surface area (Å²) in [5.74, 6) is 1.39. The molecule has 1 amide bonds. The largest absolute Gasteiger partial charge is 0.342 e. The molecule has 0 unspecified atom stereocenters. The summed E-state index contributed by atoms with van der Waals surface area (Å²) in [7, 11) is 2.00. The van der Waals surface area contributed by atoms with Crippen molar-refractivity contribution in [2.75, 3.05) is 26.7 Å². The molecule has 1 heterocycles. The highest BCUT2D eigenvalue weighted by Crippen LogP contribution is 2.20. The maximum absolute atomic E-state index is 12.1. The van der Waals surface area contributed by atoms with Gasteiger partial charge < -0.3 is 10.2 Å². The Morgan fingerprint density at radius 2 is 1.88 bits per heavy atom. The van der Waals surface area contributed by atoms with Crippen LogP contribution in [0.15, 0.2) is 0 Å². The van der Waals surface area contributed by atoms with Crippen molar-refractivity contribution >= 4 is 5.91 Å². The predicted molar refractivity (Wildman–Crippen MR) is 67.3 cm³/mol. The van der Waals surface area contributed by atoms with Crippen molar-refractivity contribution in [2.24, 2.45) is 11.8 Å². The first-order valence-corrected chi connectivity index (χ1v) is 6.66. The van der Waals surface area contributed by atoms with Crippen LogP contribution >= 0.6 is 0 Å². The molecule has 0 aromatic carbocycles. The molecule has 0 atom stereocenters. The molecular weight excluding hydrogens is 200 g/mol. The van der Waals surface area contributed by atoms with E-state index in [1.807, 2.05) is 7.05 Å². The molecule has 0 bridgehead atoms. The fourth-order valence-electron chi connectivity index (χ4n) is 2.54. The van der Waals surface area contributed by atoms with Crippen molar-refractivity contribution in [1.29, 1.82) is 0 Å². The lowest BCUT2D eigenvalue weighted by atomic mass is 9.94. The zero-order chi connectivity index (χ0) is 12.0. The van der Waals surface area contributed by atoms with Gasteiger partial charge in [0.15, 0.2) is 0 Å². The highest BCUT2D eigenvalue weighted by Gasteiger charge is 2.25. The van der Waals surface area contributed by atoms with Crippen LogP contribution in [0.2, 0.25) is 0 Å². The van der Waals surface area contributed by atoms with Crippen molar-refractivity contribution < 1.29 is 4.79 Å². The molecule has 3 heteroatoms. The third-order valence-electron chi connectivity index (χ3n) is 3.75. The van der Waals surface area contributed by atoms with Gasteiger partial charge in [-0.2, -0.15) is 0 Å². The molecule has 0 aromatic heterocycles. The lowest BCUT2D eigenvalue weighted by Gasteiger charge is -2.34. The molecular formula is C13H26N2O. The first-order valence-electron chi connectivity index (χ1n) is 6.66. The van der Waals surface area contributed by atoms with E-state index in [1.54, 1.807) is 0 Å². The van der Waals surface area contributed by atoms with Gasteiger partial charge in [0.05, 0.1) is 0 Å². The summed E-state index contributed by atoms with van der Waals surface area (Å²) in [4.78, 5) is 14.2. The monoisotopic (exact) mass is 226 g/mol. The number of nitrogens with one attached hydrogen (secondary N) is 1. The minimum absolute atomic E-state index is 0.251. The number of piperidine rings is 1. The molecule has 0 radical (unpaired) electrons. The predicted octanol–water partition coefficient (Wildman–Crippen LogP) is 1.88. The third-order valence-corrected chi connectivity index (χ3v) is 3.75. The summed E-state index contributed by atoms with van der Waals surface area (Å²) >= 11 is 0. The highest BCUT2D eigenvalue weighted by molar-refractivity contribution is 5.78. The molecule has 0 saturated carbocycles. The van der Waals surface area contributed by atoms with E-state index < -0.39 is 0 Å². The van der Waals surface area contributed by atoms with Gasteiger partial charge in [0.25, 0.3) is 0 Å². The molecule has 1 fully saturated rings. The van der Waals surface area contributed by atoms with Crippen LogP contribution < -0.4 is 5.32 Å². The normalized spacial score (nSPS) is 18.1. The van der Waals surface area contributed by atoms with E-state index in [-0.39, 0.29) is 5.92 Å². The minimum atomic E-state index is 0.251. The van der Waals surface area contributed by atoms with E-state index in [0.29, 0.717) is 5.91 Å². The third kappa shape index (κ3) is 3.48. The maximum atomic E-state index is 12.1. The quantitative estimate of drug-likeness (QED) is 0.776. The smallest absolute Gasteiger partial charge is 0.225 e. The SMILES string of the molecule is CCC(CC)C(=O)N1CCC(CNC)CC1. The Morgan fingerprint density at radius 3 is 2.31 bits per heavy atom. The fourth-order valence-corrected chi connectivity index (χ4v) is 2.54. The minimum Gasteiger partial charge on any atom is -0.342 e. The van der Waals surface area contributed by atoms with Gasteiger partial charge in [0, 0.05) is 19.0 Å². The summed E-state index contributed by atoms with van der Waals surface area (Å²) in [5.41, 5.74) is 0.